The van der Waals surface area contributed by atoms with Crippen LogP contribution in [0.2, 0.25) is 0 Å². The molecule has 0 amide bonds. The molecule has 2 rings (SSSR count). The predicted octanol–water partition coefficient (Wildman–Crippen LogP) is 1.43. The molecular weight excluding hydrogens is 192 g/mol. The number of rotatable bonds is 4. The highest BCUT2D eigenvalue weighted by atomic mass is 16.5. The molecule has 1 N–H and O–H groups in total. The Morgan fingerprint density at radius 2 is 2.40 bits per heavy atom. The summed E-state index contributed by atoms with van der Waals surface area (Å²) in [4.78, 5) is 18.5. The van der Waals surface area contributed by atoms with Gasteiger partial charge >= 0.3 is 0 Å². The molecule has 0 radical (unpaired) electrons. The number of aryl methyl sites for hydroxylation is 1. The summed E-state index contributed by atoms with van der Waals surface area (Å²) in [6, 6.07) is 1.54. The second-order valence-electron chi connectivity index (χ2n) is 3.97. The lowest BCUT2D eigenvalue weighted by molar-refractivity contribution is 0.0768. The van der Waals surface area contributed by atoms with Crippen LogP contribution in [0.4, 0.5) is 0 Å². The Morgan fingerprint density at radius 3 is 2.93 bits per heavy atom. The Kier molecular flexibility index (Phi) is 2.86. The van der Waals surface area contributed by atoms with Crippen LogP contribution in [0.25, 0.3) is 0 Å². The van der Waals surface area contributed by atoms with E-state index in [2.05, 4.69) is 9.97 Å². The van der Waals surface area contributed by atoms with E-state index in [4.69, 9.17) is 4.74 Å². The molecule has 1 aliphatic carbocycles. The van der Waals surface area contributed by atoms with Crippen molar-refractivity contribution in [3.8, 4) is 0 Å². The molecule has 0 saturated heterocycles. The third kappa shape index (κ3) is 2.26. The molecule has 82 valence electrons. The van der Waals surface area contributed by atoms with Crippen molar-refractivity contribution in [3.05, 3.63) is 27.9 Å². The molecule has 0 aromatic carbocycles. The molecule has 1 fully saturated rings. The van der Waals surface area contributed by atoms with Crippen LogP contribution in [-0.4, -0.2) is 17.1 Å². The van der Waals surface area contributed by atoms with Crippen LogP contribution < -0.4 is 5.56 Å². The van der Waals surface area contributed by atoms with E-state index in [0.717, 1.165) is 12.1 Å². The smallest absolute Gasteiger partial charge is 0.251 e. The average Bonchev–Trinajstić information content (AvgIpc) is 3.02. The zero-order valence-electron chi connectivity index (χ0n) is 9.12. The minimum absolute atomic E-state index is 0.0378. The number of aromatic amines is 1. The Labute approximate surface area is 88.7 Å². The summed E-state index contributed by atoms with van der Waals surface area (Å²) in [6.07, 6.45) is 3.07. The highest BCUT2D eigenvalue weighted by molar-refractivity contribution is 5.06. The number of methoxy groups -OCH3 is 1. The van der Waals surface area contributed by atoms with Crippen LogP contribution in [-0.2, 0) is 11.2 Å². The van der Waals surface area contributed by atoms with E-state index in [9.17, 15) is 4.79 Å². The van der Waals surface area contributed by atoms with Crippen LogP contribution in [0.5, 0.6) is 0 Å². The first-order chi connectivity index (χ1) is 7.24. The second-order valence-corrected chi connectivity index (χ2v) is 3.97. The van der Waals surface area contributed by atoms with Gasteiger partial charge < -0.3 is 9.72 Å². The Morgan fingerprint density at radius 1 is 1.67 bits per heavy atom. The van der Waals surface area contributed by atoms with Gasteiger partial charge in [0.2, 0.25) is 0 Å². The van der Waals surface area contributed by atoms with Gasteiger partial charge in [0, 0.05) is 18.9 Å². The zero-order valence-corrected chi connectivity index (χ0v) is 9.12. The third-order valence-corrected chi connectivity index (χ3v) is 2.75. The topological polar surface area (TPSA) is 55.0 Å². The number of hydrogen-bond acceptors (Lipinski definition) is 3. The lowest BCUT2D eigenvalue weighted by Crippen LogP contribution is -2.17. The molecule has 1 saturated carbocycles. The summed E-state index contributed by atoms with van der Waals surface area (Å²) >= 11 is 0. The maximum atomic E-state index is 11.4. The largest absolute Gasteiger partial charge is 0.373 e. The van der Waals surface area contributed by atoms with E-state index < -0.39 is 0 Å². The summed E-state index contributed by atoms with van der Waals surface area (Å²) in [5.41, 5.74) is 0.746. The van der Waals surface area contributed by atoms with Gasteiger partial charge in [-0.05, 0) is 25.2 Å². The summed E-state index contributed by atoms with van der Waals surface area (Å²) in [7, 11) is 1.67. The molecule has 1 unspecified atom stereocenters. The highest BCUT2D eigenvalue weighted by Gasteiger charge is 2.34. The molecule has 4 nitrogen and oxygen atoms in total. The molecule has 0 bridgehead atoms. The molecule has 1 aliphatic rings. The molecule has 0 aliphatic heterocycles. The summed E-state index contributed by atoms with van der Waals surface area (Å²) in [5.74, 6) is 1.22. The number of nitrogens with zero attached hydrogens (tertiary/aromatic N) is 1. The van der Waals surface area contributed by atoms with Crippen molar-refractivity contribution >= 4 is 0 Å². The minimum Gasteiger partial charge on any atom is -0.373 e. The van der Waals surface area contributed by atoms with Crippen molar-refractivity contribution in [3.63, 3.8) is 0 Å². The number of aromatic nitrogens is 2. The van der Waals surface area contributed by atoms with Gasteiger partial charge in [-0.15, -0.1) is 0 Å². The zero-order chi connectivity index (χ0) is 10.8. The fraction of sp³-hybridized carbons (Fsp3) is 0.636. The lowest BCUT2D eigenvalue weighted by Gasteiger charge is -2.13. The molecule has 1 aromatic rings. The van der Waals surface area contributed by atoms with E-state index >= 15 is 0 Å². The van der Waals surface area contributed by atoms with E-state index in [1.807, 2.05) is 6.92 Å². The standard InChI is InChI=1S/C11H16N2O2/c1-3-8-6-9(14)13-11(12-8)10(15-2)7-4-5-7/h6-7,10H,3-5H2,1-2H3,(H,12,13,14). The number of H-pyrrole nitrogens is 1. The first kappa shape index (κ1) is 10.4. The first-order valence-corrected chi connectivity index (χ1v) is 5.37. The average molecular weight is 208 g/mol. The quantitative estimate of drug-likeness (QED) is 0.814. The number of ether oxygens (including phenoxy) is 1. The fourth-order valence-corrected chi connectivity index (χ4v) is 1.77. The van der Waals surface area contributed by atoms with Crippen LogP contribution in [0.15, 0.2) is 10.9 Å². The molecule has 1 atom stereocenters. The van der Waals surface area contributed by atoms with Gasteiger partial charge in [0.25, 0.3) is 5.56 Å². The van der Waals surface area contributed by atoms with E-state index in [-0.39, 0.29) is 11.7 Å². The molecular formula is C11H16N2O2. The number of hydrogen-bond donors (Lipinski definition) is 1. The fourth-order valence-electron chi connectivity index (χ4n) is 1.77. The summed E-state index contributed by atoms with van der Waals surface area (Å²) in [6.45, 7) is 1.99. The number of nitrogens with one attached hydrogen (secondary N) is 1. The van der Waals surface area contributed by atoms with Crippen molar-refractivity contribution < 1.29 is 4.74 Å². The Bertz CT molecular complexity index is 396. The van der Waals surface area contributed by atoms with Crippen molar-refractivity contribution in [2.24, 2.45) is 5.92 Å². The second kappa shape index (κ2) is 4.14. The van der Waals surface area contributed by atoms with Crippen molar-refractivity contribution in [2.45, 2.75) is 32.3 Å². The van der Waals surface area contributed by atoms with E-state index in [1.54, 1.807) is 13.2 Å². The summed E-state index contributed by atoms with van der Waals surface area (Å²) < 4.78 is 5.38. The molecule has 1 heterocycles. The maximum absolute atomic E-state index is 11.4. The molecule has 1 aromatic heterocycles. The Balaban J connectivity index is 2.32. The van der Waals surface area contributed by atoms with Crippen molar-refractivity contribution in [1.29, 1.82) is 0 Å². The first-order valence-electron chi connectivity index (χ1n) is 5.37. The predicted molar refractivity (Wildman–Crippen MR) is 56.7 cm³/mol. The van der Waals surface area contributed by atoms with Crippen LogP contribution in [0, 0.1) is 5.92 Å². The minimum atomic E-state index is -0.0837. The third-order valence-electron chi connectivity index (χ3n) is 2.75. The van der Waals surface area contributed by atoms with Gasteiger partial charge in [0.15, 0.2) is 0 Å². The monoisotopic (exact) mass is 208 g/mol. The van der Waals surface area contributed by atoms with Crippen LogP contribution in [0.3, 0.4) is 0 Å². The van der Waals surface area contributed by atoms with Gasteiger partial charge in [0.1, 0.15) is 11.9 Å². The van der Waals surface area contributed by atoms with Gasteiger partial charge in [-0.1, -0.05) is 6.92 Å². The van der Waals surface area contributed by atoms with Crippen molar-refractivity contribution in [1.82, 2.24) is 9.97 Å². The molecule has 0 spiro atoms. The lowest BCUT2D eigenvalue weighted by atomic mass is 10.2. The highest BCUT2D eigenvalue weighted by Crippen LogP contribution is 2.41. The maximum Gasteiger partial charge on any atom is 0.251 e. The Hall–Kier alpha value is -1.16. The van der Waals surface area contributed by atoms with Crippen LogP contribution >= 0.6 is 0 Å². The van der Waals surface area contributed by atoms with Gasteiger partial charge in [-0.3, -0.25) is 4.79 Å². The van der Waals surface area contributed by atoms with E-state index in [1.165, 1.54) is 12.8 Å². The van der Waals surface area contributed by atoms with Crippen molar-refractivity contribution in [2.75, 3.05) is 7.11 Å². The normalized spacial score (nSPS) is 17.7. The van der Waals surface area contributed by atoms with E-state index in [0.29, 0.717) is 11.7 Å². The van der Waals surface area contributed by atoms with Gasteiger partial charge in [0.05, 0.1) is 0 Å². The molecule has 4 heteroatoms. The van der Waals surface area contributed by atoms with Gasteiger partial charge in [-0.2, -0.15) is 0 Å². The summed E-state index contributed by atoms with van der Waals surface area (Å²) in [5, 5.41) is 0. The van der Waals surface area contributed by atoms with Gasteiger partial charge in [-0.25, -0.2) is 4.98 Å². The molecule has 15 heavy (non-hydrogen) atoms. The van der Waals surface area contributed by atoms with Crippen LogP contribution in [0.1, 0.15) is 37.4 Å². The SMILES string of the molecule is CCc1cc(=O)[nH]c(C(OC)C2CC2)n1.